The summed E-state index contributed by atoms with van der Waals surface area (Å²) in [6, 6.07) is 12.5. The van der Waals surface area contributed by atoms with Crippen LogP contribution in [0, 0.1) is 17.7 Å². The summed E-state index contributed by atoms with van der Waals surface area (Å²) in [6.45, 7) is 4.34. The second kappa shape index (κ2) is 11.3. The van der Waals surface area contributed by atoms with Crippen LogP contribution in [0.5, 0.6) is 0 Å². The highest BCUT2D eigenvalue weighted by Gasteiger charge is 2.36. The van der Waals surface area contributed by atoms with Gasteiger partial charge in [-0.1, -0.05) is 63.4 Å². The van der Waals surface area contributed by atoms with E-state index in [-0.39, 0.29) is 12.5 Å². The average Bonchev–Trinajstić information content (AvgIpc) is 2.85. The topological polar surface area (TPSA) is 9.23 Å². The van der Waals surface area contributed by atoms with Crippen LogP contribution >= 0.6 is 0 Å². The summed E-state index contributed by atoms with van der Waals surface area (Å²) >= 11 is 0. The van der Waals surface area contributed by atoms with Crippen molar-refractivity contribution >= 4 is 0 Å². The van der Waals surface area contributed by atoms with E-state index >= 15 is 0 Å². The van der Waals surface area contributed by atoms with Gasteiger partial charge in [-0.05, 0) is 97.4 Å². The molecule has 186 valence electrons. The minimum absolute atomic E-state index is 0.157. The zero-order valence-corrected chi connectivity index (χ0v) is 20.7. The first-order chi connectivity index (χ1) is 16.4. The van der Waals surface area contributed by atoms with Crippen LogP contribution in [0.2, 0.25) is 0 Å². The Morgan fingerprint density at radius 2 is 1.41 bits per heavy atom. The van der Waals surface area contributed by atoms with Crippen LogP contribution in [0.4, 0.5) is 13.2 Å². The number of benzene rings is 2. The average molecular weight is 473 g/mol. The molecule has 0 spiro atoms. The van der Waals surface area contributed by atoms with E-state index in [1.807, 2.05) is 12.1 Å². The van der Waals surface area contributed by atoms with E-state index in [2.05, 4.69) is 26.0 Å². The van der Waals surface area contributed by atoms with Gasteiger partial charge in [0, 0.05) is 0 Å². The van der Waals surface area contributed by atoms with Crippen molar-refractivity contribution in [1.82, 2.24) is 0 Å². The van der Waals surface area contributed by atoms with Crippen LogP contribution in [0.1, 0.15) is 106 Å². The third-order valence-electron chi connectivity index (χ3n) is 8.34. The number of alkyl halides is 2. The van der Waals surface area contributed by atoms with Crippen molar-refractivity contribution in [1.29, 1.82) is 0 Å². The van der Waals surface area contributed by atoms with E-state index in [1.54, 1.807) is 6.07 Å². The number of ether oxygens (including phenoxy) is 1. The molecular formula is C30H39F3O. The van der Waals surface area contributed by atoms with Gasteiger partial charge in [0.15, 0.2) is 0 Å². The molecular weight excluding hydrogens is 433 g/mol. The van der Waals surface area contributed by atoms with Crippen LogP contribution < -0.4 is 0 Å². The second-order valence-corrected chi connectivity index (χ2v) is 10.7. The first-order valence-corrected chi connectivity index (χ1v) is 13.3. The summed E-state index contributed by atoms with van der Waals surface area (Å²) in [5.74, 6) is 1.56. The van der Waals surface area contributed by atoms with Gasteiger partial charge in [0.25, 0.3) is 0 Å². The molecule has 4 rings (SSSR count). The zero-order chi connectivity index (χ0) is 24.1. The second-order valence-electron chi connectivity index (χ2n) is 10.7. The highest BCUT2D eigenvalue weighted by molar-refractivity contribution is 5.29. The third-order valence-corrected chi connectivity index (χ3v) is 8.34. The lowest BCUT2D eigenvalue weighted by molar-refractivity contribution is -0.249. The van der Waals surface area contributed by atoms with Gasteiger partial charge in [-0.3, -0.25) is 0 Å². The van der Waals surface area contributed by atoms with Crippen LogP contribution in [0.15, 0.2) is 42.5 Å². The summed E-state index contributed by atoms with van der Waals surface area (Å²) < 4.78 is 48.8. The molecule has 0 aromatic heterocycles. The SMILES string of the molecule is CC[C@H]1CC[C@H](c2ccc(CCOC(F)(F)c3ccc([C@H]4CC[C@H](C)CC4)cc3F)cc2)CC1. The highest BCUT2D eigenvalue weighted by Crippen LogP contribution is 2.39. The van der Waals surface area contributed by atoms with Crippen LogP contribution in [-0.2, 0) is 17.3 Å². The molecule has 2 aromatic rings. The van der Waals surface area contributed by atoms with Gasteiger partial charge in [-0.2, -0.15) is 8.78 Å². The Morgan fingerprint density at radius 1 is 0.824 bits per heavy atom. The maximum atomic E-state index is 14.7. The van der Waals surface area contributed by atoms with Gasteiger partial charge in [-0.25, -0.2) is 4.39 Å². The fraction of sp³-hybridized carbons (Fsp3) is 0.600. The van der Waals surface area contributed by atoms with Gasteiger partial charge in [0.05, 0.1) is 12.2 Å². The summed E-state index contributed by atoms with van der Waals surface area (Å²) in [4.78, 5) is 0. The molecule has 4 heteroatoms. The third kappa shape index (κ3) is 6.24. The molecule has 2 aliphatic carbocycles. The fourth-order valence-electron chi connectivity index (χ4n) is 5.85. The molecule has 2 saturated carbocycles. The van der Waals surface area contributed by atoms with Crippen molar-refractivity contribution in [2.24, 2.45) is 11.8 Å². The lowest BCUT2D eigenvalue weighted by Crippen LogP contribution is -2.22. The van der Waals surface area contributed by atoms with E-state index in [0.29, 0.717) is 18.3 Å². The molecule has 0 N–H and O–H groups in total. The Kier molecular flexibility index (Phi) is 8.39. The van der Waals surface area contributed by atoms with Crippen LogP contribution in [0.3, 0.4) is 0 Å². The van der Waals surface area contributed by atoms with Gasteiger partial charge in [0.1, 0.15) is 5.82 Å². The Hall–Kier alpha value is -1.81. The van der Waals surface area contributed by atoms with E-state index in [4.69, 9.17) is 4.74 Å². The summed E-state index contributed by atoms with van der Waals surface area (Å²) in [7, 11) is 0. The molecule has 0 saturated heterocycles. The first kappa shape index (κ1) is 25.3. The summed E-state index contributed by atoms with van der Waals surface area (Å²) in [5, 5.41) is 0. The number of hydrogen-bond donors (Lipinski definition) is 0. The first-order valence-electron chi connectivity index (χ1n) is 13.3. The van der Waals surface area contributed by atoms with Crippen molar-refractivity contribution in [3.05, 3.63) is 70.5 Å². The molecule has 0 unspecified atom stereocenters. The smallest absolute Gasteiger partial charge is 0.316 e. The van der Waals surface area contributed by atoms with E-state index < -0.39 is 17.5 Å². The monoisotopic (exact) mass is 472 g/mol. The van der Waals surface area contributed by atoms with E-state index in [1.165, 1.54) is 49.8 Å². The number of hydrogen-bond acceptors (Lipinski definition) is 1. The molecule has 2 fully saturated rings. The summed E-state index contributed by atoms with van der Waals surface area (Å²) in [6.07, 6.45) is 7.26. The van der Waals surface area contributed by atoms with Crippen molar-refractivity contribution < 1.29 is 17.9 Å². The summed E-state index contributed by atoms with van der Waals surface area (Å²) in [5.41, 5.74) is 2.47. The molecule has 2 aliphatic rings. The standard InChI is InChI=1S/C30H39F3O/c1-3-22-6-12-24(13-7-22)25-14-8-23(9-15-25)18-19-34-30(32,33)28-17-16-27(20-29(28)31)26-10-4-21(2)5-11-26/h8-9,14-17,20-22,24,26H,3-7,10-13,18-19H2,1-2H3/t21-,22-,24-,26-. The molecule has 0 bridgehead atoms. The van der Waals surface area contributed by atoms with Crippen LogP contribution in [-0.4, -0.2) is 6.61 Å². The van der Waals surface area contributed by atoms with Crippen molar-refractivity contribution in [2.45, 2.75) is 96.0 Å². The Balaban J connectivity index is 1.29. The number of rotatable bonds is 8. The Labute approximate surface area is 203 Å². The van der Waals surface area contributed by atoms with E-state index in [9.17, 15) is 13.2 Å². The van der Waals surface area contributed by atoms with Crippen molar-refractivity contribution in [2.75, 3.05) is 6.61 Å². The van der Waals surface area contributed by atoms with Gasteiger partial charge >= 0.3 is 6.11 Å². The maximum Gasteiger partial charge on any atom is 0.386 e. The van der Waals surface area contributed by atoms with Crippen molar-refractivity contribution in [3.8, 4) is 0 Å². The molecule has 0 aliphatic heterocycles. The van der Waals surface area contributed by atoms with Crippen molar-refractivity contribution in [3.63, 3.8) is 0 Å². The maximum absolute atomic E-state index is 14.7. The predicted molar refractivity (Wildman–Crippen MR) is 132 cm³/mol. The molecule has 0 heterocycles. The predicted octanol–water partition coefficient (Wildman–Crippen LogP) is 9.11. The molecule has 0 atom stereocenters. The van der Waals surface area contributed by atoms with Crippen LogP contribution in [0.25, 0.3) is 0 Å². The Morgan fingerprint density at radius 3 is 2.03 bits per heavy atom. The normalized spacial score (nSPS) is 25.9. The molecule has 0 amide bonds. The largest absolute Gasteiger partial charge is 0.386 e. The molecule has 0 radical (unpaired) electrons. The lowest BCUT2D eigenvalue weighted by atomic mass is 9.78. The van der Waals surface area contributed by atoms with Gasteiger partial charge < -0.3 is 4.74 Å². The lowest BCUT2D eigenvalue weighted by Gasteiger charge is -2.28. The van der Waals surface area contributed by atoms with E-state index in [0.717, 1.165) is 42.7 Å². The molecule has 1 nitrogen and oxygen atoms in total. The highest BCUT2D eigenvalue weighted by atomic mass is 19.3. The zero-order valence-electron chi connectivity index (χ0n) is 20.7. The number of halogens is 3. The fourth-order valence-corrected chi connectivity index (χ4v) is 5.85. The molecule has 2 aromatic carbocycles. The minimum atomic E-state index is -3.64. The molecule has 34 heavy (non-hydrogen) atoms. The van der Waals surface area contributed by atoms with Gasteiger partial charge in [-0.15, -0.1) is 0 Å². The Bertz CT molecular complexity index is 907. The van der Waals surface area contributed by atoms with Gasteiger partial charge in [0.2, 0.25) is 0 Å². The quantitative estimate of drug-likeness (QED) is 0.372. The minimum Gasteiger partial charge on any atom is -0.316 e.